The Morgan fingerprint density at radius 1 is 1.30 bits per heavy atom. The maximum atomic E-state index is 12.3. The van der Waals surface area contributed by atoms with Gasteiger partial charge >= 0.3 is 5.97 Å². The van der Waals surface area contributed by atoms with Crippen LogP contribution in [-0.4, -0.2) is 35.7 Å². The predicted octanol–water partition coefficient (Wildman–Crippen LogP) is 1.81. The Hall–Kier alpha value is -1.10. The zero-order valence-corrected chi connectivity index (χ0v) is 12.5. The summed E-state index contributed by atoms with van der Waals surface area (Å²) in [5, 5.41) is 12.2. The third kappa shape index (κ3) is 2.68. The maximum absolute atomic E-state index is 12.3. The molecule has 0 aliphatic heterocycles. The summed E-state index contributed by atoms with van der Waals surface area (Å²) >= 11 is 0. The first-order valence-electron chi connectivity index (χ1n) is 7.52. The molecule has 0 aromatic carbocycles. The lowest BCUT2D eigenvalue weighted by atomic mass is 9.64. The highest BCUT2D eigenvalue weighted by molar-refractivity contribution is 5.85. The van der Waals surface area contributed by atoms with Crippen LogP contribution in [0.3, 0.4) is 0 Å². The van der Waals surface area contributed by atoms with Gasteiger partial charge in [-0.05, 0) is 26.2 Å². The van der Waals surface area contributed by atoms with Gasteiger partial charge in [-0.3, -0.25) is 9.59 Å². The molecular weight excluding hydrogens is 258 g/mol. The van der Waals surface area contributed by atoms with Gasteiger partial charge in [-0.2, -0.15) is 0 Å². The number of carboxylic acid groups (broad SMARTS) is 1. The molecule has 0 aromatic heterocycles. The molecule has 2 rings (SSSR count). The predicted molar refractivity (Wildman–Crippen MR) is 74.2 cm³/mol. The van der Waals surface area contributed by atoms with Crippen molar-refractivity contribution in [2.75, 3.05) is 6.61 Å². The lowest BCUT2D eigenvalue weighted by Gasteiger charge is -2.51. The Kier molecular flexibility index (Phi) is 4.37. The lowest BCUT2D eigenvalue weighted by Crippen LogP contribution is -2.62. The standard InChI is InChI=1S/C15H25NO4/c1-4-20-12-8-11(15(12,2)3)16-13(17)9-6-5-7-10(9)14(18)19/h9-12H,4-8H2,1-3H3,(H,16,17)(H,18,19). The van der Waals surface area contributed by atoms with Gasteiger partial charge in [-0.15, -0.1) is 0 Å². The summed E-state index contributed by atoms with van der Waals surface area (Å²) in [6.07, 6.45) is 3.12. The molecule has 0 bridgehead atoms. The van der Waals surface area contributed by atoms with Crippen LogP contribution < -0.4 is 5.32 Å². The average molecular weight is 283 g/mol. The molecule has 1 amide bonds. The van der Waals surface area contributed by atoms with Crippen molar-refractivity contribution < 1.29 is 19.4 Å². The number of nitrogens with one attached hydrogen (secondary N) is 1. The van der Waals surface area contributed by atoms with Crippen LogP contribution >= 0.6 is 0 Å². The van der Waals surface area contributed by atoms with E-state index >= 15 is 0 Å². The molecule has 2 aliphatic carbocycles. The van der Waals surface area contributed by atoms with Gasteiger partial charge in [-0.1, -0.05) is 20.3 Å². The fourth-order valence-corrected chi connectivity index (χ4v) is 3.46. The first kappa shape index (κ1) is 15.3. The summed E-state index contributed by atoms with van der Waals surface area (Å²) in [5.74, 6) is -1.82. The molecule has 2 fully saturated rings. The Bertz CT molecular complexity index is 393. The molecule has 0 saturated heterocycles. The van der Waals surface area contributed by atoms with Crippen molar-refractivity contribution in [3.63, 3.8) is 0 Å². The molecule has 4 atom stereocenters. The molecule has 5 nitrogen and oxygen atoms in total. The summed E-state index contributed by atoms with van der Waals surface area (Å²) in [4.78, 5) is 23.5. The minimum absolute atomic E-state index is 0.0804. The third-order valence-electron chi connectivity index (χ3n) is 5.03. The fourth-order valence-electron chi connectivity index (χ4n) is 3.46. The molecule has 0 heterocycles. The van der Waals surface area contributed by atoms with Crippen molar-refractivity contribution in [2.24, 2.45) is 17.3 Å². The van der Waals surface area contributed by atoms with E-state index in [1.807, 2.05) is 6.92 Å². The first-order valence-corrected chi connectivity index (χ1v) is 7.52. The lowest BCUT2D eigenvalue weighted by molar-refractivity contribution is -0.149. The van der Waals surface area contributed by atoms with E-state index in [4.69, 9.17) is 9.84 Å². The molecular formula is C15H25NO4. The number of hydrogen-bond donors (Lipinski definition) is 2. The van der Waals surface area contributed by atoms with E-state index in [0.717, 1.165) is 12.8 Å². The van der Waals surface area contributed by atoms with Crippen LogP contribution in [0.2, 0.25) is 0 Å². The molecule has 0 radical (unpaired) electrons. The maximum Gasteiger partial charge on any atom is 0.307 e. The van der Waals surface area contributed by atoms with Crippen molar-refractivity contribution >= 4 is 11.9 Å². The Balaban J connectivity index is 1.91. The Labute approximate surface area is 120 Å². The van der Waals surface area contributed by atoms with E-state index in [1.165, 1.54) is 0 Å². The average Bonchev–Trinajstić information content (AvgIpc) is 2.86. The van der Waals surface area contributed by atoms with Gasteiger partial charge in [0.05, 0.1) is 17.9 Å². The number of aliphatic carboxylic acids is 1. The van der Waals surface area contributed by atoms with Gasteiger partial charge < -0.3 is 15.2 Å². The molecule has 0 spiro atoms. The molecule has 2 aliphatic rings. The van der Waals surface area contributed by atoms with Crippen LogP contribution in [0.25, 0.3) is 0 Å². The zero-order chi connectivity index (χ0) is 14.9. The van der Waals surface area contributed by atoms with Gasteiger partial charge in [0.1, 0.15) is 0 Å². The molecule has 5 heteroatoms. The monoisotopic (exact) mass is 283 g/mol. The number of carbonyl (C=O) groups excluding carboxylic acids is 1. The highest BCUT2D eigenvalue weighted by atomic mass is 16.5. The molecule has 2 N–H and O–H groups in total. The van der Waals surface area contributed by atoms with Gasteiger partial charge in [-0.25, -0.2) is 0 Å². The molecule has 20 heavy (non-hydrogen) atoms. The van der Waals surface area contributed by atoms with E-state index in [1.54, 1.807) is 0 Å². The number of hydrogen-bond acceptors (Lipinski definition) is 3. The largest absolute Gasteiger partial charge is 0.481 e. The van der Waals surface area contributed by atoms with E-state index in [0.29, 0.717) is 19.4 Å². The van der Waals surface area contributed by atoms with Crippen LogP contribution in [0.5, 0.6) is 0 Å². The molecule has 4 unspecified atom stereocenters. The van der Waals surface area contributed by atoms with Crippen LogP contribution in [0.4, 0.5) is 0 Å². The van der Waals surface area contributed by atoms with Gasteiger partial charge in [0.15, 0.2) is 0 Å². The van der Waals surface area contributed by atoms with E-state index in [2.05, 4.69) is 19.2 Å². The van der Waals surface area contributed by atoms with Gasteiger partial charge in [0.25, 0.3) is 0 Å². The number of rotatable bonds is 5. The van der Waals surface area contributed by atoms with Crippen molar-refractivity contribution in [1.29, 1.82) is 0 Å². The number of ether oxygens (including phenoxy) is 1. The summed E-state index contributed by atoms with van der Waals surface area (Å²) < 4.78 is 5.64. The number of amides is 1. The number of carbonyl (C=O) groups is 2. The van der Waals surface area contributed by atoms with Crippen LogP contribution in [0, 0.1) is 17.3 Å². The zero-order valence-electron chi connectivity index (χ0n) is 12.5. The third-order valence-corrected chi connectivity index (χ3v) is 5.03. The minimum atomic E-state index is -0.845. The van der Waals surface area contributed by atoms with Crippen LogP contribution in [-0.2, 0) is 14.3 Å². The van der Waals surface area contributed by atoms with Crippen molar-refractivity contribution in [3.8, 4) is 0 Å². The van der Waals surface area contributed by atoms with Crippen LogP contribution in [0.1, 0.15) is 46.5 Å². The molecule has 114 valence electrons. The molecule has 2 saturated carbocycles. The Morgan fingerprint density at radius 3 is 2.50 bits per heavy atom. The minimum Gasteiger partial charge on any atom is -0.481 e. The summed E-state index contributed by atoms with van der Waals surface area (Å²) in [6, 6.07) is 0.0848. The highest BCUT2D eigenvalue weighted by Gasteiger charge is 2.50. The fraction of sp³-hybridized carbons (Fsp3) is 0.867. The van der Waals surface area contributed by atoms with E-state index in [9.17, 15) is 9.59 Å². The van der Waals surface area contributed by atoms with E-state index in [-0.39, 0.29) is 29.4 Å². The van der Waals surface area contributed by atoms with Crippen molar-refractivity contribution in [1.82, 2.24) is 5.32 Å². The van der Waals surface area contributed by atoms with Gasteiger partial charge in [0, 0.05) is 18.1 Å². The van der Waals surface area contributed by atoms with Crippen LogP contribution in [0.15, 0.2) is 0 Å². The smallest absolute Gasteiger partial charge is 0.307 e. The first-order chi connectivity index (χ1) is 9.37. The van der Waals surface area contributed by atoms with Gasteiger partial charge in [0.2, 0.25) is 5.91 Å². The van der Waals surface area contributed by atoms with Crippen molar-refractivity contribution in [3.05, 3.63) is 0 Å². The second-order valence-corrected chi connectivity index (χ2v) is 6.54. The normalized spacial score (nSPS) is 35.4. The topological polar surface area (TPSA) is 75.6 Å². The second kappa shape index (κ2) is 5.72. The number of carboxylic acids is 1. The van der Waals surface area contributed by atoms with Crippen molar-refractivity contribution in [2.45, 2.75) is 58.6 Å². The second-order valence-electron chi connectivity index (χ2n) is 6.54. The Morgan fingerprint density at radius 2 is 1.95 bits per heavy atom. The quantitative estimate of drug-likeness (QED) is 0.807. The van der Waals surface area contributed by atoms with E-state index < -0.39 is 11.9 Å². The SMILES string of the molecule is CCOC1CC(NC(=O)C2CCCC2C(=O)O)C1(C)C. The molecule has 0 aromatic rings. The summed E-state index contributed by atoms with van der Waals surface area (Å²) in [5.41, 5.74) is -0.0804. The summed E-state index contributed by atoms with van der Waals surface area (Å²) in [6.45, 7) is 6.83. The summed E-state index contributed by atoms with van der Waals surface area (Å²) in [7, 11) is 0. The highest BCUT2D eigenvalue weighted by Crippen LogP contribution is 2.43.